The molecule has 4 N–H and O–H groups in total. The second-order valence-electron chi connectivity index (χ2n) is 8.14. The van der Waals surface area contributed by atoms with Crippen LogP contribution in [0.4, 0.5) is 11.6 Å². The summed E-state index contributed by atoms with van der Waals surface area (Å²) in [6, 6.07) is 18.1. The number of ketones is 1. The molecule has 0 unspecified atom stereocenters. The highest BCUT2D eigenvalue weighted by Crippen LogP contribution is 2.29. The lowest BCUT2D eigenvalue weighted by Crippen LogP contribution is -2.18. The Morgan fingerprint density at radius 1 is 1.03 bits per heavy atom. The maximum Gasteiger partial charge on any atom is 0.268 e. The van der Waals surface area contributed by atoms with Crippen LogP contribution in [0.2, 0.25) is 0 Å². The zero-order valence-corrected chi connectivity index (χ0v) is 21.1. The molecule has 0 bridgehead atoms. The molecule has 0 saturated carbocycles. The van der Waals surface area contributed by atoms with Crippen molar-refractivity contribution in [2.75, 3.05) is 17.2 Å². The van der Waals surface area contributed by atoms with Gasteiger partial charge < -0.3 is 15.6 Å². The van der Waals surface area contributed by atoms with Crippen molar-refractivity contribution in [3.05, 3.63) is 82.0 Å². The number of primary amides is 1. The average Bonchev–Trinajstić information content (AvgIpc) is 3.66. The fraction of sp³-hybridized carbons (Fsp3) is 0.115. The van der Waals surface area contributed by atoms with Crippen LogP contribution in [0.15, 0.2) is 71.6 Å². The van der Waals surface area contributed by atoms with E-state index in [0.29, 0.717) is 27.6 Å². The number of nitrogens with one attached hydrogen (secondary N) is 2. The van der Waals surface area contributed by atoms with Crippen LogP contribution in [-0.4, -0.2) is 38.7 Å². The lowest BCUT2D eigenvalue weighted by molar-refractivity contribution is -0.118. The van der Waals surface area contributed by atoms with Crippen LogP contribution in [0.5, 0.6) is 0 Å². The van der Waals surface area contributed by atoms with Crippen molar-refractivity contribution in [3.63, 3.8) is 0 Å². The first-order valence-electron chi connectivity index (χ1n) is 11.4. The predicted octanol–water partition coefficient (Wildman–Crippen LogP) is 4.64. The molecule has 5 rings (SSSR count). The Hall–Kier alpha value is -4.35. The summed E-state index contributed by atoms with van der Waals surface area (Å²) in [7, 11) is 0. The van der Waals surface area contributed by atoms with Crippen molar-refractivity contribution in [2.24, 2.45) is 5.73 Å². The fourth-order valence-corrected chi connectivity index (χ4v) is 5.28. The van der Waals surface area contributed by atoms with Gasteiger partial charge in [0.15, 0.2) is 5.78 Å². The van der Waals surface area contributed by atoms with Gasteiger partial charge in [0, 0.05) is 29.6 Å². The van der Waals surface area contributed by atoms with Gasteiger partial charge in [0.05, 0.1) is 38.5 Å². The quantitative estimate of drug-likeness (QED) is 0.225. The van der Waals surface area contributed by atoms with Gasteiger partial charge in [-0.25, -0.2) is 9.97 Å². The number of benzene rings is 2. The molecule has 9 nitrogen and oxygen atoms in total. The molecule has 3 heterocycles. The van der Waals surface area contributed by atoms with Gasteiger partial charge in [-0.15, -0.1) is 22.7 Å². The molecule has 0 spiro atoms. The SMILES string of the molecule is NC(=O)CCn1c(NC(=O)c2ccc(-c3cscn3)s2)nc2cc(NCC(=O)c3ccccc3)ccc21. The highest BCUT2D eigenvalue weighted by Gasteiger charge is 2.18. The van der Waals surface area contributed by atoms with Crippen molar-refractivity contribution >= 4 is 62.9 Å². The van der Waals surface area contributed by atoms with Gasteiger partial charge in [0.2, 0.25) is 11.9 Å². The number of carbonyl (C=O) groups excluding carboxylic acids is 3. The molecule has 2 aromatic carbocycles. The Kier molecular flexibility index (Phi) is 7.06. The molecular formula is C26H22N6O3S2. The van der Waals surface area contributed by atoms with Crippen molar-refractivity contribution in [3.8, 4) is 10.6 Å². The molecule has 0 atom stereocenters. The van der Waals surface area contributed by atoms with E-state index >= 15 is 0 Å². The highest BCUT2D eigenvalue weighted by atomic mass is 32.1. The summed E-state index contributed by atoms with van der Waals surface area (Å²) < 4.78 is 1.76. The molecule has 5 aromatic rings. The van der Waals surface area contributed by atoms with Crippen LogP contribution >= 0.6 is 22.7 Å². The second-order valence-corrected chi connectivity index (χ2v) is 9.94. The number of imidazole rings is 1. The highest BCUT2D eigenvalue weighted by molar-refractivity contribution is 7.17. The van der Waals surface area contributed by atoms with Crippen LogP contribution in [0.3, 0.4) is 0 Å². The number of nitrogens with zero attached hydrogens (tertiary/aromatic N) is 3. The maximum atomic E-state index is 13.0. The number of rotatable bonds is 10. The number of nitrogens with two attached hydrogens (primary N) is 1. The van der Waals surface area contributed by atoms with Crippen molar-refractivity contribution in [2.45, 2.75) is 13.0 Å². The van der Waals surface area contributed by atoms with Gasteiger partial charge in [0.25, 0.3) is 5.91 Å². The molecule has 0 fully saturated rings. The van der Waals surface area contributed by atoms with Crippen LogP contribution in [0.25, 0.3) is 21.6 Å². The van der Waals surface area contributed by atoms with Gasteiger partial charge in [-0.05, 0) is 30.3 Å². The van der Waals surface area contributed by atoms with E-state index in [1.54, 1.807) is 34.3 Å². The molecule has 0 aliphatic rings. The first kappa shape index (κ1) is 24.3. The molecule has 11 heteroatoms. The summed E-state index contributed by atoms with van der Waals surface area (Å²) in [5.74, 6) is -0.493. The van der Waals surface area contributed by atoms with E-state index in [2.05, 4.69) is 20.6 Å². The molecule has 0 saturated heterocycles. The smallest absolute Gasteiger partial charge is 0.268 e. The fourth-order valence-electron chi connectivity index (χ4n) is 3.79. The van der Waals surface area contributed by atoms with Gasteiger partial charge in [0.1, 0.15) is 0 Å². The molecule has 186 valence electrons. The van der Waals surface area contributed by atoms with E-state index in [1.165, 1.54) is 22.7 Å². The Morgan fingerprint density at radius 3 is 2.62 bits per heavy atom. The minimum Gasteiger partial charge on any atom is -0.378 e. The standard InChI is InChI=1S/C26H22N6O3S2/c27-24(34)10-11-32-20-7-6-17(28-13-21(33)16-4-2-1-3-5-16)12-18(20)30-26(32)31-25(35)23-9-8-22(37-23)19-14-36-15-29-19/h1-9,12,14-15,28H,10-11,13H2,(H2,27,34)(H,30,31,35). The van der Waals surface area contributed by atoms with Crippen molar-refractivity contribution in [1.29, 1.82) is 0 Å². The number of Topliss-reactive ketones (excluding diaryl/α,β-unsaturated/α-hetero) is 1. The summed E-state index contributed by atoms with van der Waals surface area (Å²) in [5, 5.41) is 7.93. The zero-order valence-electron chi connectivity index (χ0n) is 19.5. The van der Waals surface area contributed by atoms with Crippen LogP contribution in [0.1, 0.15) is 26.5 Å². The van der Waals surface area contributed by atoms with Gasteiger partial charge in [-0.1, -0.05) is 30.3 Å². The number of aryl methyl sites for hydroxylation is 1. The number of aromatic nitrogens is 3. The summed E-state index contributed by atoms with van der Waals surface area (Å²) in [6.07, 6.45) is 0.0902. The number of carbonyl (C=O) groups is 3. The summed E-state index contributed by atoms with van der Waals surface area (Å²) in [4.78, 5) is 47.3. The average molecular weight is 531 g/mol. The van der Waals surface area contributed by atoms with Gasteiger partial charge in [-0.2, -0.15) is 0 Å². The van der Waals surface area contributed by atoms with E-state index < -0.39 is 5.91 Å². The molecule has 0 radical (unpaired) electrons. The summed E-state index contributed by atoms with van der Waals surface area (Å²) in [6.45, 7) is 0.385. The van der Waals surface area contributed by atoms with Gasteiger partial charge >= 0.3 is 0 Å². The number of amides is 2. The number of thiazole rings is 1. The minimum atomic E-state index is -0.456. The second kappa shape index (κ2) is 10.7. The Bertz CT molecular complexity index is 1570. The van der Waals surface area contributed by atoms with E-state index in [0.717, 1.165) is 16.1 Å². The van der Waals surface area contributed by atoms with Crippen LogP contribution < -0.4 is 16.4 Å². The largest absolute Gasteiger partial charge is 0.378 e. The Balaban J connectivity index is 1.37. The number of hydrogen-bond donors (Lipinski definition) is 3. The van der Waals surface area contributed by atoms with E-state index in [4.69, 9.17) is 5.73 Å². The first-order chi connectivity index (χ1) is 18.0. The molecule has 37 heavy (non-hydrogen) atoms. The van der Waals surface area contributed by atoms with Crippen molar-refractivity contribution < 1.29 is 14.4 Å². The summed E-state index contributed by atoms with van der Waals surface area (Å²) >= 11 is 2.83. The summed E-state index contributed by atoms with van der Waals surface area (Å²) in [5.41, 5.74) is 10.6. The lowest BCUT2D eigenvalue weighted by atomic mass is 10.1. The number of hydrogen-bond acceptors (Lipinski definition) is 8. The Labute approximate surface area is 220 Å². The van der Waals surface area contributed by atoms with E-state index in [9.17, 15) is 14.4 Å². The normalized spacial score (nSPS) is 10.9. The maximum absolute atomic E-state index is 13.0. The zero-order chi connectivity index (χ0) is 25.8. The lowest BCUT2D eigenvalue weighted by Gasteiger charge is -2.09. The third-order valence-electron chi connectivity index (χ3n) is 5.62. The molecule has 3 aromatic heterocycles. The third-order valence-corrected chi connectivity index (χ3v) is 7.31. The number of thiophene rings is 1. The molecule has 0 aliphatic carbocycles. The molecule has 2 amide bonds. The monoisotopic (exact) mass is 530 g/mol. The molecular weight excluding hydrogens is 508 g/mol. The van der Waals surface area contributed by atoms with Crippen LogP contribution in [-0.2, 0) is 11.3 Å². The third kappa shape index (κ3) is 5.57. The van der Waals surface area contributed by atoms with E-state index in [-0.39, 0.29) is 31.2 Å². The first-order valence-corrected chi connectivity index (χ1v) is 13.1. The minimum absolute atomic E-state index is 0.0337. The van der Waals surface area contributed by atoms with Crippen molar-refractivity contribution in [1.82, 2.24) is 14.5 Å². The molecule has 0 aliphatic heterocycles. The predicted molar refractivity (Wildman–Crippen MR) is 146 cm³/mol. The topological polar surface area (TPSA) is 132 Å². The number of fused-ring (bicyclic) bond motifs is 1. The number of anilines is 2. The van der Waals surface area contributed by atoms with Gasteiger partial charge in [-0.3, -0.25) is 19.7 Å². The van der Waals surface area contributed by atoms with Crippen LogP contribution in [0, 0.1) is 0 Å². The van der Waals surface area contributed by atoms with E-state index in [1.807, 2.05) is 41.8 Å². The Morgan fingerprint density at radius 2 is 1.86 bits per heavy atom.